The fourth-order valence-corrected chi connectivity index (χ4v) is 2.53. The highest BCUT2D eigenvalue weighted by Gasteiger charge is 2.17. The van der Waals surface area contributed by atoms with Gasteiger partial charge in [-0.25, -0.2) is 0 Å². The van der Waals surface area contributed by atoms with Gasteiger partial charge in [-0.05, 0) is 41.8 Å². The summed E-state index contributed by atoms with van der Waals surface area (Å²) >= 11 is 3.36. The van der Waals surface area contributed by atoms with Crippen LogP contribution in [0.4, 0.5) is 5.69 Å². The van der Waals surface area contributed by atoms with E-state index < -0.39 is 0 Å². The van der Waals surface area contributed by atoms with Crippen molar-refractivity contribution in [3.63, 3.8) is 0 Å². The first-order valence-corrected chi connectivity index (χ1v) is 7.51. The molecule has 0 spiro atoms. The molecule has 1 amide bonds. The molecule has 5 heteroatoms. The first-order chi connectivity index (χ1) is 10.6. The summed E-state index contributed by atoms with van der Waals surface area (Å²) in [6, 6.07) is 16.3. The molecule has 1 aromatic heterocycles. The number of carbonyl (C=O) groups excluding carboxylic acids is 1. The molecule has 3 aromatic rings. The third kappa shape index (κ3) is 2.67. The zero-order valence-corrected chi connectivity index (χ0v) is 13.4. The first kappa shape index (κ1) is 14.5. The number of halogens is 1. The van der Waals surface area contributed by atoms with Crippen molar-refractivity contribution in [2.75, 3.05) is 11.9 Å². The number of hydrogen-bond acceptors (Lipinski definition) is 2. The lowest BCUT2D eigenvalue weighted by molar-refractivity contribution is 0.0991. The van der Waals surface area contributed by atoms with E-state index in [1.807, 2.05) is 48.5 Å². The van der Waals surface area contributed by atoms with E-state index in [9.17, 15) is 9.59 Å². The summed E-state index contributed by atoms with van der Waals surface area (Å²) < 4.78 is 0.931. The molecule has 0 bridgehead atoms. The summed E-state index contributed by atoms with van der Waals surface area (Å²) in [6.07, 6.45) is 0. The fourth-order valence-electron chi connectivity index (χ4n) is 2.27. The van der Waals surface area contributed by atoms with Gasteiger partial charge in [0.05, 0.1) is 0 Å². The molecule has 3 rings (SSSR count). The number of nitrogens with zero attached hydrogens (tertiary/aromatic N) is 1. The molecule has 110 valence electrons. The van der Waals surface area contributed by atoms with Crippen LogP contribution in [-0.2, 0) is 0 Å². The van der Waals surface area contributed by atoms with Crippen LogP contribution in [-0.4, -0.2) is 17.9 Å². The molecule has 2 aromatic carbocycles. The van der Waals surface area contributed by atoms with Crippen LogP contribution >= 0.6 is 15.9 Å². The maximum atomic E-state index is 12.6. The summed E-state index contributed by atoms with van der Waals surface area (Å²) in [4.78, 5) is 29.0. The number of fused-ring (bicyclic) bond motifs is 1. The summed E-state index contributed by atoms with van der Waals surface area (Å²) in [5, 5.41) is 0.828. The number of para-hydroxylation sites is 1. The van der Waals surface area contributed by atoms with E-state index >= 15 is 0 Å². The molecule has 4 nitrogen and oxygen atoms in total. The number of benzene rings is 2. The second kappa shape index (κ2) is 5.77. The van der Waals surface area contributed by atoms with Gasteiger partial charge in [0.25, 0.3) is 11.5 Å². The van der Waals surface area contributed by atoms with E-state index in [4.69, 9.17) is 0 Å². The largest absolute Gasteiger partial charge is 0.321 e. The van der Waals surface area contributed by atoms with E-state index in [2.05, 4.69) is 20.9 Å². The minimum atomic E-state index is -0.382. The van der Waals surface area contributed by atoms with Crippen LogP contribution in [0.15, 0.2) is 63.9 Å². The Morgan fingerprint density at radius 3 is 2.50 bits per heavy atom. The first-order valence-electron chi connectivity index (χ1n) is 6.72. The molecular formula is C17H13BrN2O2. The van der Waals surface area contributed by atoms with Crippen molar-refractivity contribution in [1.29, 1.82) is 0 Å². The lowest BCUT2D eigenvalue weighted by Gasteiger charge is -2.17. The molecule has 0 aliphatic carbocycles. The quantitative estimate of drug-likeness (QED) is 0.762. The predicted molar refractivity (Wildman–Crippen MR) is 91.4 cm³/mol. The fraction of sp³-hybridized carbons (Fsp3) is 0.0588. The Labute approximate surface area is 135 Å². The number of amides is 1. The molecule has 0 radical (unpaired) electrons. The zero-order valence-electron chi connectivity index (χ0n) is 11.8. The number of rotatable bonds is 2. The van der Waals surface area contributed by atoms with Gasteiger partial charge in [-0.3, -0.25) is 9.59 Å². The lowest BCUT2D eigenvalue weighted by atomic mass is 10.1. The maximum absolute atomic E-state index is 12.6. The van der Waals surface area contributed by atoms with E-state index in [1.54, 1.807) is 13.1 Å². The topological polar surface area (TPSA) is 53.2 Å². The Morgan fingerprint density at radius 1 is 1.09 bits per heavy atom. The van der Waals surface area contributed by atoms with Crippen molar-refractivity contribution in [2.45, 2.75) is 0 Å². The van der Waals surface area contributed by atoms with Crippen molar-refractivity contribution in [2.24, 2.45) is 0 Å². The third-order valence-corrected chi connectivity index (χ3v) is 4.03. The highest BCUT2D eigenvalue weighted by atomic mass is 79.9. The molecule has 22 heavy (non-hydrogen) atoms. The van der Waals surface area contributed by atoms with Gasteiger partial charge in [0, 0.05) is 22.7 Å². The molecule has 0 saturated heterocycles. The Bertz CT molecular complexity index is 900. The maximum Gasteiger partial charge on any atom is 0.263 e. The van der Waals surface area contributed by atoms with Gasteiger partial charge in [-0.1, -0.05) is 34.1 Å². The minimum absolute atomic E-state index is 0.129. The van der Waals surface area contributed by atoms with Crippen LogP contribution in [0.1, 0.15) is 10.4 Å². The molecule has 0 atom stereocenters. The van der Waals surface area contributed by atoms with E-state index in [-0.39, 0.29) is 17.0 Å². The van der Waals surface area contributed by atoms with Crippen molar-refractivity contribution in [3.8, 4) is 0 Å². The van der Waals surface area contributed by atoms with Crippen molar-refractivity contribution >= 4 is 38.4 Å². The Morgan fingerprint density at radius 2 is 1.77 bits per heavy atom. The van der Waals surface area contributed by atoms with Crippen molar-refractivity contribution in [3.05, 3.63) is 75.0 Å². The average molecular weight is 357 g/mol. The molecule has 0 aliphatic rings. The second-order valence-corrected chi connectivity index (χ2v) is 5.86. The number of H-pyrrole nitrogens is 1. The number of anilines is 1. The van der Waals surface area contributed by atoms with Gasteiger partial charge < -0.3 is 9.88 Å². The molecule has 1 N–H and O–H groups in total. The number of hydrogen-bond donors (Lipinski definition) is 1. The lowest BCUT2D eigenvalue weighted by Crippen LogP contribution is -2.31. The SMILES string of the molecule is CN(C(=O)c1cc2ccccc2[nH]c1=O)c1ccc(Br)cc1. The van der Waals surface area contributed by atoms with E-state index in [1.165, 1.54) is 4.90 Å². The molecule has 0 aliphatic heterocycles. The predicted octanol–water partition coefficient (Wildman–Crippen LogP) is 3.57. The highest BCUT2D eigenvalue weighted by molar-refractivity contribution is 9.10. The minimum Gasteiger partial charge on any atom is -0.321 e. The molecule has 0 saturated carbocycles. The van der Waals surface area contributed by atoms with Gasteiger partial charge in [0.2, 0.25) is 0 Å². The van der Waals surface area contributed by atoms with E-state index in [0.717, 1.165) is 21.1 Å². The van der Waals surface area contributed by atoms with Gasteiger partial charge in [-0.2, -0.15) is 0 Å². The standard InChI is InChI=1S/C17H13BrN2O2/c1-20(13-8-6-12(18)7-9-13)17(22)14-10-11-4-2-3-5-15(11)19-16(14)21/h2-10H,1H3,(H,19,21). The third-order valence-electron chi connectivity index (χ3n) is 3.50. The summed E-state index contributed by atoms with van der Waals surface area (Å²) in [5.74, 6) is -0.339. The number of aromatic amines is 1. The Kier molecular flexibility index (Phi) is 3.81. The Hall–Kier alpha value is -2.40. The van der Waals surface area contributed by atoms with Crippen LogP contribution in [0, 0.1) is 0 Å². The van der Waals surface area contributed by atoms with Gasteiger partial charge in [0.1, 0.15) is 5.56 Å². The van der Waals surface area contributed by atoms with Crippen LogP contribution in [0.5, 0.6) is 0 Å². The van der Waals surface area contributed by atoms with Crippen molar-refractivity contribution in [1.82, 2.24) is 4.98 Å². The van der Waals surface area contributed by atoms with Crippen LogP contribution in [0.25, 0.3) is 10.9 Å². The summed E-state index contributed by atoms with van der Waals surface area (Å²) in [7, 11) is 1.65. The van der Waals surface area contributed by atoms with E-state index in [0.29, 0.717) is 0 Å². The summed E-state index contributed by atoms with van der Waals surface area (Å²) in [5.41, 5.74) is 1.19. The average Bonchev–Trinajstić information content (AvgIpc) is 2.53. The number of aromatic nitrogens is 1. The monoisotopic (exact) mass is 356 g/mol. The summed E-state index contributed by atoms with van der Waals surface area (Å²) in [6.45, 7) is 0. The second-order valence-electron chi connectivity index (χ2n) is 4.94. The Balaban J connectivity index is 2.02. The van der Waals surface area contributed by atoms with Gasteiger partial charge >= 0.3 is 0 Å². The molecular weight excluding hydrogens is 344 g/mol. The molecule has 0 unspecified atom stereocenters. The number of nitrogens with one attached hydrogen (secondary N) is 1. The van der Waals surface area contributed by atoms with Gasteiger partial charge in [-0.15, -0.1) is 0 Å². The van der Waals surface area contributed by atoms with Crippen LogP contribution in [0.2, 0.25) is 0 Å². The highest BCUT2D eigenvalue weighted by Crippen LogP contribution is 2.19. The smallest absolute Gasteiger partial charge is 0.263 e. The zero-order chi connectivity index (χ0) is 15.7. The molecule has 1 heterocycles. The van der Waals surface area contributed by atoms with Crippen LogP contribution in [0.3, 0.4) is 0 Å². The number of carbonyl (C=O) groups is 1. The number of pyridine rings is 1. The normalized spacial score (nSPS) is 10.6. The van der Waals surface area contributed by atoms with Crippen LogP contribution < -0.4 is 10.5 Å². The van der Waals surface area contributed by atoms with Gasteiger partial charge in [0.15, 0.2) is 0 Å². The van der Waals surface area contributed by atoms with Crippen molar-refractivity contribution < 1.29 is 4.79 Å². The molecule has 0 fully saturated rings.